The van der Waals surface area contributed by atoms with Crippen molar-refractivity contribution in [2.45, 2.75) is 46.0 Å². The Bertz CT molecular complexity index is 768. The minimum Gasteiger partial charge on any atom is -0.485 e. The van der Waals surface area contributed by atoms with E-state index in [2.05, 4.69) is 0 Å². The Kier molecular flexibility index (Phi) is 7.34. The number of rotatable bonds is 8. The molecule has 2 rings (SSSR count). The van der Waals surface area contributed by atoms with Gasteiger partial charge in [0.2, 0.25) is 0 Å². The number of benzene rings is 1. The Morgan fingerprint density at radius 2 is 2.00 bits per heavy atom. The molecule has 1 aliphatic heterocycles. The van der Waals surface area contributed by atoms with Crippen molar-refractivity contribution in [3.63, 3.8) is 0 Å². The van der Waals surface area contributed by atoms with Gasteiger partial charge in [0.05, 0.1) is 12.5 Å². The fourth-order valence-corrected chi connectivity index (χ4v) is 3.00. The zero-order valence-corrected chi connectivity index (χ0v) is 16.8. The molecule has 1 aromatic carbocycles. The summed E-state index contributed by atoms with van der Waals surface area (Å²) < 4.78 is 21.9. The molecule has 0 bridgehead atoms. The van der Waals surface area contributed by atoms with Gasteiger partial charge in [-0.15, -0.1) is 0 Å². The molecule has 0 radical (unpaired) electrons. The van der Waals surface area contributed by atoms with Gasteiger partial charge in [-0.3, -0.25) is 4.79 Å². The first-order chi connectivity index (χ1) is 13.3. The molecule has 0 aromatic heterocycles. The van der Waals surface area contributed by atoms with Crippen molar-refractivity contribution >= 4 is 18.2 Å². The van der Waals surface area contributed by atoms with E-state index >= 15 is 0 Å². The number of carbonyl (C=O) groups is 3. The van der Waals surface area contributed by atoms with E-state index in [1.807, 2.05) is 0 Å². The molecule has 0 fully saturated rings. The predicted molar refractivity (Wildman–Crippen MR) is 101 cm³/mol. The van der Waals surface area contributed by atoms with Gasteiger partial charge in [0.25, 0.3) is 0 Å². The van der Waals surface area contributed by atoms with Crippen LogP contribution in [0.5, 0.6) is 5.75 Å². The Labute approximate surface area is 164 Å². The van der Waals surface area contributed by atoms with Crippen LogP contribution in [0.3, 0.4) is 0 Å². The third-order valence-electron chi connectivity index (χ3n) is 4.66. The maximum Gasteiger partial charge on any atom is 0.333 e. The Hall–Kier alpha value is -2.67. The largest absolute Gasteiger partial charge is 0.485 e. The zero-order valence-electron chi connectivity index (χ0n) is 16.8. The van der Waals surface area contributed by atoms with Crippen molar-refractivity contribution in [3.8, 4) is 5.75 Å². The molecule has 0 spiro atoms. The van der Waals surface area contributed by atoms with Gasteiger partial charge in [-0.05, 0) is 38.5 Å². The summed E-state index contributed by atoms with van der Waals surface area (Å²) in [6.07, 6.45) is 0.475. The lowest BCUT2D eigenvalue weighted by Crippen LogP contribution is -2.34. The second-order valence-corrected chi connectivity index (χ2v) is 6.68. The van der Waals surface area contributed by atoms with Crippen molar-refractivity contribution in [1.29, 1.82) is 0 Å². The summed E-state index contributed by atoms with van der Waals surface area (Å²) in [5.74, 6) is -0.965. The normalized spacial score (nSPS) is 20.5. The SMILES string of the molecule is C/C=C(\C)C(=O)OC(C)c1ccc2c(c1)[C@@H](OC(C)=O)[C@H]([C@@H](C=O)COC)O2. The Morgan fingerprint density at radius 3 is 2.57 bits per heavy atom. The Morgan fingerprint density at radius 1 is 1.29 bits per heavy atom. The van der Waals surface area contributed by atoms with E-state index in [9.17, 15) is 14.4 Å². The number of aldehydes is 1. The van der Waals surface area contributed by atoms with Crippen molar-refractivity contribution in [1.82, 2.24) is 0 Å². The second kappa shape index (κ2) is 9.50. The monoisotopic (exact) mass is 390 g/mol. The standard InChI is InChI=1S/C21H26O7/c1-6-12(2)21(24)26-13(3)15-7-8-18-17(9-15)20(27-14(4)23)19(28-18)16(10-22)11-25-5/h6-10,13,16,19-20H,11H2,1-5H3/b12-6+/t13?,16-,19-,20+/m0/s1. The van der Waals surface area contributed by atoms with Crippen molar-refractivity contribution in [2.24, 2.45) is 5.92 Å². The lowest BCUT2D eigenvalue weighted by molar-refractivity contribution is -0.153. The molecule has 0 N–H and O–H groups in total. The molecule has 0 saturated carbocycles. The molecule has 1 aliphatic rings. The van der Waals surface area contributed by atoms with Crippen LogP contribution in [0.4, 0.5) is 0 Å². The summed E-state index contributed by atoms with van der Waals surface area (Å²) in [6.45, 7) is 6.65. The molecule has 4 atom stereocenters. The lowest BCUT2D eigenvalue weighted by atomic mass is 9.95. The quantitative estimate of drug-likeness (QED) is 0.383. The van der Waals surface area contributed by atoms with Gasteiger partial charge in [-0.2, -0.15) is 0 Å². The smallest absolute Gasteiger partial charge is 0.333 e. The highest BCUT2D eigenvalue weighted by Gasteiger charge is 2.42. The third kappa shape index (κ3) is 4.78. The molecule has 152 valence electrons. The Balaban J connectivity index is 2.32. The van der Waals surface area contributed by atoms with Gasteiger partial charge in [-0.1, -0.05) is 12.1 Å². The van der Waals surface area contributed by atoms with Gasteiger partial charge < -0.3 is 23.7 Å². The number of hydrogen-bond donors (Lipinski definition) is 0. The molecule has 0 amide bonds. The van der Waals surface area contributed by atoms with Crippen LogP contribution in [0, 0.1) is 5.92 Å². The molecule has 7 nitrogen and oxygen atoms in total. The highest BCUT2D eigenvalue weighted by Crippen LogP contribution is 2.43. The van der Waals surface area contributed by atoms with Crippen LogP contribution in [-0.2, 0) is 28.6 Å². The van der Waals surface area contributed by atoms with Crippen molar-refractivity contribution in [2.75, 3.05) is 13.7 Å². The number of methoxy groups -OCH3 is 1. The van der Waals surface area contributed by atoms with E-state index in [-0.39, 0.29) is 6.61 Å². The molecule has 1 unspecified atom stereocenters. The van der Waals surface area contributed by atoms with E-state index in [1.54, 1.807) is 45.0 Å². The van der Waals surface area contributed by atoms with E-state index < -0.39 is 36.2 Å². The molecule has 28 heavy (non-hydrogen) atoms. The van der Waals surface area contributed by atoms with Crippen molar-refractivity contribution in [3.05, 3.63) is 41.0 Å². The molecular weight excluding hydrogens is 364 g/mol. The molecule has 7 heteroatoms. The lowest BCUT2D eigenvalue weighted by Gasteiger charge is -2.23. The van der Waals surface area contributed by atoms with Crippen LogP contribution >= 0.6 is 0 Å². The highest BCUT2D eigenvalue weighted by molar-refractivity contribution is 5.87. The fraction of sp³-hybridized carbons (Fsp3) is 0.476. The predicted octanol–water partition coefficient (Wildman–Crippen LogP) is 3.08. The number of carbonyl (C=O) groups excluding carboxylic acids is 3. The van der Waals surface area contributed by atoms with Crippen LogP contribution in [0.15, 0.2) is 29.8 Å². The maximum absolute atomic E-state index is 12.0. The number of hydrogen-bond acceptors (Lipinski definition) is 7. The molecule has 0 saturated heterocycles. The van der Waals surface area contributed by atoms with Gasteiger partial charge in [0, 0.05) is 25.2 Å². The second-order valence-electron chi connectivity index (χ2n) is 6.68. The summed E-state index contributed by atoms with van der Waals surface area (Å²) in [5, 5.41) is 0. The van der Waals surface area contributed by atoms with Gasteiger partial charge >= 0.3 is 11.9 Å². The van der Waals surface area contributed by atoms with E-state index in [0.717, 1.165) is 11.8 Å². The van der Waals surface area contributed by atoms with Crippen LogP contribution in [0.25, 0.3) is 0 Å². The molecule has 0 aliphatic carbocycles. The third-order valence-corrected chi connectivity index (χ3v) is 4.66. The van der Waals surface area contributed by atoms with Gasteiger partial charge in [0.1, 0.15) is 18.1 Å². The fourth-order valence-electron chi connectivity index (χ4n) is 3.00. The average molecular weight is 390 g/mol. The van der Waals surface area contributed by atoms with Gasteiger partial charge in [0.15, 0.2) is 12.2 Å². The maximum atomic E-state index is 12.0. The average Bonchev–Trinajstić information content (AvgIpc) is 3.02. The first-order valence-corrected chi connectivity index (χ1v) is 9.08. The topological polar surface area (TPSA) is 88.1 Å². The van der Waals surface area contributed by atoms with Crippen molar-refractivity contribution < 1.29 is 33.3 Å². The minimum absolute atomic E-state index is 0.142. The molecular formula is C21H26O7. The summed E-state index contributed by atoms with van der Waals surface area (Å²) in [5.41, 5.74) is 1.88. The summed E-state index contributed by atoms with van der Waals surface area (Å²) in [6, 6.07) is 5.28. The summed E-state index contributed by atoms with van der Waals surface area (Å²) in [4.78, 5) is 35.1. The van der Waals surface area contributed by atoms with E-state index in [1.165, 1.54) is 14.0 Å². The van der Waals surface area contributed by atoms with Crippen LogP contribution in [0.1, 0.15) is 51.0 Å². The van der Waals surface area contributed by atoms with E-state index in [0.29, 0.717) is 16.9 Å². The first kappa shape index (κ1) is 21.6. The zero-order chi connectivity index (χ0) is 20.8. The molecule has 1 aromatic rings. The van der Waals surface area contributed by atoms with Crippen LogP contribution in [0.2, 0.25) is 0 Å². The number of allylic oxidation sites excluding steroid dienone is 1. The number of esters is 2. The highest BCUT2D eigenvalue weighted by atomic mass is 16.6. The summed E-state index contributed by atoms with van der Waals surface area (Å²) in [7, 11) is 1.49. The minimum atomic E-state index is -0.752. The number of fused-ring (bicyclic) bond motifs is 1. The van der Waals surface area contributed by atoms with Crippen LogP contribution in [-0.4, -0.2) is 38.0 Å². The number of ether oxygens (including phenoxy) is 4. The molecule has 1 heterocycles. The van der Waals surface area contributed by atoms with Gasteiger partial charge in [-0.25, -0.2) is 4.79 Å². The van der Waals surface area contributed by atoms with Crippen LogP contribution < -0.4 is 4.74 Å². The van der Waals surface area contributed by atoms with E-state index in [4.69, 9.17) is 18.9 Å². The first-order valence-electron chi connectivity index (χ1n) is 9.08. The summed E-state index contributed by atoms with van der Waals surface area (Å²) >= 11 is 0.